The van der Waals surface area contributed by atoms with Gasteiger partial charge in [0, 0.05) is 19.2 Å². The average molecular weight is 338 g/mol. The number of carboxylic acid groups (broad SMARTS) is 1. The molecule has 7 nitrogen and oxygen atoms in total. The number of rotatable bonds is 5. The number of carbonyl (C=O) groups excluding carboxylic acids is 1. The minimum atomic E-state index is -0.924. The molecule has 24 heavy (non-hydrogen) atoms. The van der Waals surface area contributed by atoms with Gasteiger partial charge in [-0.05, 0) is 52.4 Å². The van der Waals surface area contributed by atoms with Crippen LogP contribution in [0.2, 0.25) is 0 Å². The Morgan fingerprint density at radius 2 is 2.04 bits per heavy atom. The van der Waals surface area contributed by atoms with Crippen LogP contribution in [-0.2, 0) is 22.4 Å². The summed E-state index contributed by atoms with van der Waals surface area (Å²) in [5.74, 6) is -0.00669. The highest BCUT2D eigenvalue weighted by atomic mass is 16.6. The summed E-state index contributed by atoms with van der Waals surface area (Å²) in [6.07, 6.45) is 3.23. The number of carbonyl (C=O) groups is 2. The van der Waals surface area contributed by atoms with E-state index in [1.165, 1.54) is 0 Å². The largest absolute Gasteiger partial charge is 0.481 e. The van der Waals surface area contributed by atoms with Gasteiger partial charge in [-0.2, -0.15) is 0 Å². The summed E-state index contributed by atoms with van der Waals surface area (Å²) in [6.45, 7) is 7.03. The quantitative estimate of drug-likeness (QED) is 0.887. The molecule has 0 spiro atoms. The van der Waals surface area contributed by atoms with Crippen molar-refractivity contribution in [3.05, 3.63) is 17.5 Å². The lowest BCUT2D eigenvalue weighted by Gasteiger charge is -2.33. The van der Waals surface area contributed by atoms with Crippen LogP contribution < -0.4 is 0 Å². The van der Waals surface area contributed by atoms with Crippen molar-refractivity contribution >= 4 is 12.1 Å². The molecule has 2 rings (SSSR count). The van der Waals surface area contributed by atoms with Gasteiger partial charge in [0.1, 0.15) is 17.8 Å². The van der Waals surface area contributed by atoms with Gasteiger partial charge in [0.15, 0.2) is 0 Å². The first kappa shape index (κ1) is 18.3. The Balaban J connectivity index is 1.72. The second-order valence-electron chi connectivity index (χ2n) is 7.30. The van der Waals surface area contributed by atoms with Crippen LogP contribution in [-0.4, -0.2) is 45.9 Å². The van der Waals surface area contributed by atoms with Gasteiger partial charge in [0.25, 0.3) is 0 Å². The van der Waals surface area contributed by atoms with Gasteiger partial charge in [0.2, 0.25) is 0 Å². The van der Waals surface area contributed by atoms with E-state index in [2.05, 4.69) is 5.16 Å². The van der Waals surface area contributed by atoms with Crippen molar-refractivity contribution in [3.8, 4) is 0 Å². The van der Waals surface area contributed by atoms with Crippen molar-refractivity contribution in [3.63, 3.8) is 0 Å². The monoisotopic (exact) mass is 338 g/mol. The maximum absolute atomic E-state index is 12.0. The minimum absolute atomic E-state index is 0.138. The van der Waals surface area contributed by atoms with Gasteiger partial charge in [-0.15, -0.1) is 0 Å². The molecule has 0 aromatic carbocycles. The smallest absolute Gasteiger partial charge is 0.410 e. The van der Waals surface area contributed by atoms with Gasteiger partial charge in [-0.3, -0.25) is 4.79 Å². The fourth-order valence-corrected chi connectivity index (χ4v) is 2.79. The summed E-state index contributed by atoms with van der Waals surface area (Å²) in [4.78, 5) is 24.4. The molecule has 0 bridgehead atoms. The van der Waals surface area contributed by atoms with E-state index >= 15 is 0 Å². The third kappa shape index (κ3) is 5.86. The first-order chi connectivity index (χ1) is 11.2. The van der Waals surface area contributed by atoms with Gasteiger partial charge < -0.3 is 19.3 Å². The van der Waals surface area contributed by atoms with Crippen molar-refractivity contribution < 1.29 is 24.0 Å². The number of likely N-dealkylation sites (tertiary alicyclic amines) is 1. The van der Waals surface area contributed by atoms with Crippen LogP contribution in [0.4, 0.5) is 4.79 Å². The molecule has 1 saturated heterocycles. The first-order valence-electron chi connectivity index (χ1n) is 8.37. The van der Waals surface area contributed by atoms with Crippen molar-refractivity contribution in [1.82, 2.24) is 10.1 Å². The number of ether oxygens (including phenoxy) is 1. The zero-order valence-electron chi connectivity index (χ0n) is 14.6. The Morgan fingerprint density at radius 3 is 2.62 bits per heavy atom. The maximum Gasteiger partial charge on any atom is 0.410 e. The average Bonchev–Trinajstić information content (AvgIpc) is 2.90. The number of piperidine rings is 1. The molecule has 2 heterocycles. The van der Waals surface area contributed by atoms with E-state index < -0.39 is 11.6 Å². The molecule has 1 N–H and O–H groups in total. The normalized spacial score (nSPS) is 16.2. The van der Waals surface area contributed by atoms with Gasteiger partial charge in [-0.25, -0.2) is 4.79 Å². The number of nitrogens with zero attached hydrogens (tertiary/aromatic N) is 2. The standard InChI is InChI=1S/C17H26N2O5/c1-17(2,3)23-16(22)19-8-6-12(7-9-19)4-5-13-10-14(24-18-13)11-15(20)21/h10,12H,4-9,11H2,1-3H3,(H,20,21). The van der Waals surface area contributed by atoms with Crippen LogP contribution in [0.25, 0.3) is 0 Å². The van der Waals surface area contributed by atoms with Crippen molar-refractivity contribution in [1.29, 1.82) is 0 Å². The molecule has 134 valence electrons. The minimum Gasteiger partial charge on any atom is -0.481 e. The first-order valence-corrected chi connectivity index (χ1v) is 8.37. The highest BCUT2D eigenvalue weighted by molar-refractivity contribution is 5.69. The van der Waals surface area contributed by atoms with E-state index in [0.717, 1.165) is 31.4 Å². The molecule has 7 heteroatoms. The van der Waals surface area contributed by atoms with Crippen molar-refractivity contribution in [2.24, 2.45) is 5.92 Å². The molecule has 0 aliphatic carbocycles. The van der Waals surface area contributed by atoms with E-state index in [1.807, 2.05) is 20.8 Å². The molecular weight excluding hydrogens is 312 g/mol. The fraction of sp³-hybridized carbons (Fsp3) is 0.706. The van der Waals surface area contributed by atoms with Crippen LogP contribution in [0.3, 0.4) is 0 Å². The van der Waals surface area contributed by atoms with E-state index in [4.69, 9.17) is 14.4 Å². The molecule has 1 fully saturated rings. The molecule has 1 aromatic rings. The van der Waals surface area contributed by atoms with Gasteiger partial charge >= 0.3 is 12.1 Å². The number of aliphatic carboxylic acids is 1. The number of hydrogen-bond donors (Lipinski definition) is 1. The molecule has 0 unspecified atom stereocenters. The third-order valence-corrected chi connectivity index (χ3v) is 4.01. The van der Waals surface area contributed by atoms with E-state index in [0.29, 0.717) is 24.8 Å². The molecule has 0 radical (unpaired) electrons. The Hall–Kier alpha value is -2.05. The third-order valence-electron chi connectivity index (χ3n) is 4.01. The topological polar surface area (TPSA) is 92.9 Å². The lowest BCUT2D eigenvalue weighted by atomic mass is 9.91. The zero-order valence-corrected chi connectivity index (χ0v) is 14.6. The number of hydrogen-bond acceptors (Lipinski definition) is 5. The Kier molecular flexibility index (Phi) is 5.85. The SMILES string of the molecule is CC(C)(C)OC(=O)N1CCC(CCc2cc(CC(=O)O)on2)CC1. The zero-order chi connectivity index (χ0) is 17.7. The summed E-state index contributed by atoms with van der Waals surface area (Å²) in [5.41, 5.74) is 0.329. The predicted octanol–water partition coefficient (Wildman–Crippen LogP) is 2.88. The molecule has 0 saturated carbocycles. The Morgan fingerprint density at radius 1 is 1.38 bits per heavy atom. The molecular formula is C17H26N2O5. The molecule has 1 amide bonds. The second kappa shape index (κ2) is 7.68. The van der Waals surface area contributed by atoms with E-state index in [9.17, 15) is 9.59 Å². The van der Waals surface area contributed by atoms with Gasteiger partial charge in [-0.1, -0.05) is 5.16 Å². The Bertz CT molecular complexity index is 568. The van der Waals surface area contributed by atoms with E-state index in [1.54, 1.807) is 11.0 Å². The lowest BCUT2D eigenvalue weighted by Crippen LogP contribution is -2.41. The van der Waals surface area contributed by atoms with Crippen molar-refractivity contribution in [2.75, 3.05) is 13.1 Å². The number of aromatic nitrogens is 1. The van der Waals surface area contributed by atoms with Crippen LogP contribution in [0.15, 0.2) is 10.6 Å². The summed E-state index contributed by atoms with van der Waals surface area (Å²) in [7, 11) is 0. The van der Waals surface area contributed by atoms with E-state index in [-0.39, 0.29) is 12.5 Å². The van der Waals surface area contributed by atoms with Crippen LogP contribution >= 0.6 is 0 Å². The number of carboxylic acids is 1. The highest BCUT2D eigenvalue weighted by Crippen LogP contribution is 2.23. The predicted molar refractivity (Wildman–Crippen MR) is 86.7 cm³/mol. The Labute approximate surface area is 141 Å². The maximum atomic E-state index is 12.0. The number of aryl methyl sites for hydroxylation is 1. The molecule has 1 aliphatic heterocycles. The van der Waals surface area contributed by atoms with Crippen LogP contribution in [0.5, 0.6) is 0 Å². The summed E-state index contributed by atoms with van der Waals surface area (Å²) in [5, 5.41) is 12.6. The highest BCUT2D eigenvalue weighted by Gasteiger charge is 2.26. The second-order valence-corrected chi connectivity index (χ2v) is 7.30. The van der Waals surface area contributed by atoms with Gasteiger partial charge in [0.05, 0.1) is 5.69 Å². The summed E-state index contributed by atoms with van der Waals surface area (Å²) in [6, 6.07) is 1.71. The number of amides is 1. The molecule has 0 atom stereocenters. The molecule has 1 aliphatic rings. The lowest BCUT2D eigenvalue weighted by molar-refractivity contribution is -0.136. The summed E-state index contributed by atoms with van der Waals surface area (Å²) >= 11 is 0. The molecule has 1 aromatic heterocycles. The van der Waals surface area contributed by atoms with Crippen LogP contribution in [0.1, 0.15) is 51.5 Å². The van der Waals surface area contributed by atoms with Crippen LogP contribution in [0, 0.1) is 5.92 Å². The van der Waals surface area contributed by atoms with Crippen molar-refractivity contribution in [2.45, 2.75) is 58.5 Å². The fourth-order valence-electron chi connectivity index (χ4n) is 2.79. The summed E-state index contributed by atoms with van der Waals surface area (Å²) < 4.78 is 10.4.